The SMILES string of the molecule is CCCCOc1ccc(C(=O)Nc2scc(C3COc4ccccc4O3)c2C(=O)OCC)cc1OC. The van der Waals surface area contributed by atoms with Gasteiger partial charge in [0.05, 0.1) is 20.3 Å². The summed E-state index contributed by atoms with van der Waals surface area (Å²) in [6.45, 7) is 4.81. The van der Waals surface area contributed by atoms with E-state index in [1.807, 2.05) is 24.3 Å². The van der Waals surface area contributed by atoms with Gasteiger partial charge in [0.2, 0.25) is 0 Å². The lowest BCUT2D eigenvalue weighted by atomic mass is 10.1. The maximum atomic E-state index is 13.1. The van der Waals surface area contributed by atoms with Gasteiger partial charge in [0.25, 0.3) is 5.91 Å². The normalized spacial score (nSPS) is 14.1. The molecule has 0 fully saturated rings. The number of amides is 1. The topological polar surface area (TPSA) is 92.3 Å². The van der Waals surface area contributed by atoms with Crippen LogP contribution in [0.15, 0.2) is 47.8 Å². The number of rotatable bonds is 10. The summed E-state index contributed by atoms with van der Waals surface area (Å²) in [4.78, 5) is 26.1. The lowest BCUT2D eigenvalue weighted by molar-refractivity contribution is 0.0513. The molecule has 1 atom stereocenters. The summed E-state index contributed by atoms with van der Waals surface area (Å²) >= 11 is 1.23. The van der Waals surface area contributed by atoms with E-state index in [-0.39, 0.29) is 18.8 Å². The van der Waals surface area contributed by atoms with Crippen LogP contribution in [0.25, 0.3) is 0 Å². The molecule has 8 nitrogen and oxygen atoms in total. The predicted octanol–water partition coefficient (Wildman–Crippen LogP) is 5.88. The second kappa shape index (κ2) is 11.8. The van der Waals surface area contributed by atoms with E-state index in [9.17, 15) is 9.59 Å². The Hall–Kier alpha value is -3.72. The highest BCUT2D eigenvalue weighted by Crippen LogP contribution is 2.40. The number of hydrogen-bond donors (Lipinski definition) is 1. The van der Waals surface area contributed by atoms with Crippen LogP contribution in [0, 0.1) is 0 Å². The summed E-state index contributed by atoms with van der Waals surface area (Å²) in [5.74, 6) is 1.34. The van der Waals surface area contributed by atoms with E-state index in [2.05, 4.69) is 12.2 Å². The highest BCUT2D eigenvalue weighted by molar-refractivity contribution is 7.15. The van der Waals surface area contributed by atoms with Crippen molar-refractivity contribution in [3.63, 3.8) is 0 Å². The lowest BCUT2D eigenvalue weighted by Gasteiger charge is -2.26. The number of methoxy groups -OCH3 is 1. The number of anilines is 1. The molecule has 1 unspecified atom stereocenters. The van der Waals surface area contributed by atoms with E-state index in [4.69, 9.17) is 23.7 Å². The van der Waals surface area contributed by atoms with Crippen LogP contribution in [0.4, 0.5) is 5.00 Å². The van der Waals surface area contributed by atoms with Gasteiger partial charge in [-0.15, -0.1) is 11.3 Å². The minimum absolute atomic E-state index is 0.197. The molecule has 1 aliphatic rings. The fourth-order valence-electron chi connectivity index (χ4n) is 3.72. The van der Waals surface area contributed by atoms with Crippen molar-refractivity contribution in [2.24, 2.45) is 0 Å². The highest BCUT2D eigenvalue weighted by atomic mass is 32.1. The Bertz CT molecular complexity index is 1220. The Balaban J connectivity index is 1.57. The summed E-state index contributed by atoms with van der Waals surface area (Å²) in [6.07, 6.45) is 1.41. The zero-order chi connectivity index (χ0) is 25.5. The second-order valence-corrected chi connectivity index (χ2v) is 8.88. The first kappa shape index (κ1) is 25.4. The number of ether oxygens (including phenoxy) is 5. The maximum absolute atomic E-state index is 13.1. The number of fused-ring (bicyclic) bond motifs is 1. The molecular weight excluding hydrogens is 482 g/mol. The molecular formula is C27H29NO7S. The number of benzene rings is 2. The van der Waals surface area contributed by atoms with Gasteiger partial charge < -0.3 is 29.0 Å². The van der Waals surface area contributed by atoms with Crippen molar-refractivity contribution in [1.29, 1.82) is 0 Å². The van der Waals surface area contributed by atoms with Crippen molar-refractivity contribution in [3.05, 3.63) is 64.5 Å². The summed E-state index contributed by atoms with van der Waals surface area (Å²) < 4.78 is 28.4. The van der Waals surface area contributed by atoms with Crippen molar-refractivity contribution < 1.29 is 33.3 Å². The zero-order valence-electron chi connectivity index (χ0n) is 20.5. The van der Waals surface area contributed by atoms with Gasteiger partial charge in [-0.1, -0.05) is 25.5 Å². The van der Waals surface area contributed by atoms with Crippen molar-refractivity contribution >= 4 is 28.2 Å². The monoisotopic (exact) mass is 511 g/mol. The molecule has 1 N–H and O–H groups in total. The summed E-state index contributed by atoms with van der Waals surface area (Å²) in [5.41, 5.74) is 1.22. The van der Waals surface area contributed by atoms with Crippen LogP contribution in [0.1, 0.15) is 59.1 Å². The highest BCUT2D eigenvalue weighted by Gasteiger charge is 2.31. The van der Waals surface area contributed by atoms with Gasteiger partial charge in [-0.3, -0.25) is 4.79 Å². The Kier molecular flexibility index (Phi) is 8.32. The van der Waals surface area contributed by atoms with Crippen LogP contribution in [0.3, 0.4) is 0 Å². The van der Waals surface area contributed by atoms with Crippen molar-refractivity contribution in [3.8, 4) is 23.0 Å². The standard InChI is InChI=1S/C27H29NO7S/c1-4-6-13-33-20-12-11-17(14-22(20)31-3)25(29)28-26-24(27(30)32-5-2)18(16-36-26)23-15-34-19-9-7-8-10-21(19)35-23/h7-12,14,16,23H,4-6,13,15H2,1-3H3,(H,28,29). The summed E-state index contributed by atoms with van der Waals surface area (Å²) in [7, 11) is 1.53. The molecule has 2 aromatic carbocycles. The van der Waals surface area contributed by atoms with E-state index < -0.39 is 18.0 Å². The molecule has 36 heavy (non-hydrogen) atoms. The van der Waals surface area contributed by atoms with Crippen molar-refractivity contribution in [2.75, 3.05) is 32.2 Å². The van der Waals surface area contributed by atoms with Gasteiger partial charge in [0, 0.05) is 16.5 Å². The molecule has 0 saturated heterocycles. The number of unbranched alkanes of at least 4 members (excludes halogenated alkanes) is 1. The minimum atomic E-state index is -0.538. The number of thiophene rings is 1. The molecule has 0 spiro atoms. The largest absolute Gasteiger partial charge is 0.493 e. The average molecular weight is 512 g/mol. The van der Waals surface area contributed by atoms with Crippen molar-refractivity contribution in [2.45, 2.75) is 32.8 Å². The summed E-state index contributed by atoms with van der Waals surface area (Å²) in [5, 5.41) is 5.01. The zero-order valence-corrected chi connectivity index (χ0v) is 21.3. The molecule has 0 bridgehead atoms. The van der Waals surface area contributed by atoms with E-state index in [0.29, 0.717) is 45.7 Å². The predicted molar refractivity (Wildman–Crippen MR) is 137 cm³/mol. The van der Waals surface area contributed by atoms with Gasteiger partial charge >= 0.3 is 5.97 Å². The quantitative estimate of drug-likeness (QED) is 0.269. The van der Waals surface area contributed by atoms with Crippen molar-refractivity contribution in [1.82, 2.24) is 0 Å². The van der Waals surface area contributed by atoms with Crippen LogP contribution >= 0.6 is 11.3 Å². The van der Waals surface area contributed by atoms with E-state index >= 15 is 0 Å². The molecule has 190 valence electrons. The van der Waals surface area contributed by atoms with Gasteiger partial charge in [-0.25, -0.2) is 4.79 Å². The molecule has 1 aromatic heterocycles. The van der Waals surface area contributed by atoms with E-state index in [0.717, 1.165) is 12.8 Å². The van der Waals surface area contributed by atoms with Gasteiger partial charge in [0.1, 0.15) is 17.2 Å². The third-order valence-corrected chi connectivity index (χ3v) is 6.48. The third-order valence-electron chi connectivity index (χ3n) is 5.56. The Morgan fingerprint density at radius 1 is 1.11 bits per heavy atom. The number of esters is 1. The van der Waals surface area contributed by atoms with E-state index in [1.54, 1.807) is 30.5 Å². The van der Waals surface area contributed by atoms with E-state index in [1.165, 1.54) is 18.4 Å². The molecule has 2 heterocycles. The minimum Gasteiger partial charge on any atom is -0.493 e. The number of nitrogens with one attached hydrogen (secondary N) is 1. The van der Waals surface area contributed by atoms with Crippen LogP contribution in [-0.2, 0) is 4.74 Å². The molecule has 0 radical (unpaired) electrons. The number of para-hydroxylation sites is 2. The molecule has 1 aliphatic heterocycles. The third kappa shape index (κ3) is 5.57. The van der Waals surface area contributed by atoms with Gasteiger partial charge in [-0.05, 0) is 43.7 Å². The Labute approximate surface area is 214 Å². The first-order chi connectivity index (χ1) is 17.5. The van der Waals surface area contributed by atoms with Gasteiger partial charge in [-0.2, -0.15) is 0 Å². The molecule has 1 amide bonds. The van der Waals surface area contributed by atoms with Gasteiger partial charge in [0.15, 0.2) is 29.1 Å². The average Bonchev–Trinajstić information content (AvgIpc) is 3.32. The maximum Gasteiger partial charge on any atom is 0.341 e. The first-order valence-electron chi connectivity index (χ1n) is 11.8. The number of hydrogen-bond acceptors (Lipinski definition) is 8. The Morgan fingerprint density at radius 3 is 2.67 bits per heavy atom. The fourth-order valence-corrected chi connectivity index (χ4v) is 4.70. The number of carbonyl (C=O) groups excluding carboxylic acids is 2. The molecule has 4 rings (SSSR count). The fraction of sp³-hybridized carbons (Fsp3) is 0.333. The molecule has 0 aliphatic carbocycles. The van der Waals surface area contributed by atoms with Crippen LogP contribution in [-0.4, -0.2) is 38.8 Å². The first-order valence-corrected chi connectivity index (χ1v) is 12.7. The van der Waals surface area contributed by atoms with Crippen LogP contribution < -0.4 is 24.3 Å². The Morgan fingerprint density at radius 2 is 1.92 bits per heavy atom. The second-order valence-electron chi connectivity index (χ2n) is 8.00. The van der Waals surface area contributed by atoms with Crippen LogP contribution in [0.5, 0.6) is 23.0 Å². The lowest BCUT2D eigenvalue weighted by Crippen LogP contribution is -2.24. The molecule has 0 saturated carbocycles. The summed E-state index contributed by atoms with van der Waals surface area (Å²) in [6, 6.07) is 12.3. The number of carbonyl (C=O) groups is 2. The molecule has 3 aromatic rings. The smallest absolute Gasteiger partial charge is 0.341 e. The van der Waals surface area contributed by atoms with Crippen LogP contribution in [0.2, 0.25) is 0 Å². The molecule has 9 heteroatoms.